The van der Waals surface area contributed by atoms with E-state index in [2.05, 4.69) is 10.3 Å². The van der Waals surface area contributed by atoms with Gasteiger partial charge in [-0.2, -0.15) is 4.31 Å². The summed E-state index contributed by atoms with van der Waals surface area (Å²) in [4.78, 5) is 16.3. The van der Waals surface area contributed by atoms with Crippen molar-refractivity contribution in [3.8, 4) is 0 Å². The molecule has 2 aromatic rings. The number of fused-ring (bicyclic) bond motifs is 1. The molecule has 2 aliphatic rings. The number of carbonyl (C=O) groups excluding carboxylic acids is 1. The van der Waals surface area contributed by atoms with Crippen LogP contribution in [0.3, 0.4) is 0 Å². The molecule has 4 rings (SSSR count). The summed E-state index contributed by atoms with van der Waals surface area (Å²) in [5.74, 6) is 1.22. The fourth-order valence-corrected chi connectivity index (χ4v) is 5.58. The van der Waals surface area contributed by atoms with Crippen molar-refractivity contribution in [1.29, 1.82) is 0 Å². The van der Waals surface area contributed by atoms with Gasteiger partial charge >= 0.3 is 0 Å². The summed E-state index contributed by atoms with van der Waals surface area (Å²) in [5.41, 5.74) is 0.883. The van der Waals surface area contributed by atoms with Crippen LogP contribution in [-0.2, 0) is 14.8 Å². The van der Waals surface area contributed by atoms with E-state index in [9.17, 15) is 13.2 Å². The Morgan fingerprint density at radius 3 is 2.57 bits per heavy atom. The van der Waals surface area contributed by atoms with Gasteiger partial charge in [-0.1, -0.05) is 24.3 Å². The van der Waals surface area contributed by atoms with E-state index in [0.717, 1.165) is 12.0 Å². The largest absolute Gasteiger partial charge is 0.353 e. The van der Waals surface area contributed by atoms with Crippen molar-refractivity contribution < 1.29 is 13.2 Å². The van der Waals surface area contributed by atoms with Gasteiger partial charge in [-0.15, -0.1) is 0 Å². The first-order chi connectivity index (χ1) is 13.6. The number of hydrogen-bond donors (Lipinski definition) is 1. The molecular formula is C21H23N3O3S. The third-order valence-corrected chi connectivity index (χ3v) is 7.45. The highest BCUT2D eigenvalue weighted by molar-refractivity contribution is 7.89. The molecule has 2 fully saturated rings. The van der Waals surface area contributed by atoms with Crippen LogP contribution in [0.4, 0.5) is 0 Å². The van der Waals surface area contributed by atoms with Crippen molar-refractivity contribution in [3.05, 3.63) is 66.5 Å². The molecule has 1 saturated heterocycles. The van der Waals surface area contributed by atoms with Gasteiger partial charge in [-0.05, 0) is 54.0 Å². The maximum absolute atomic E-state index is 12.7. The van der Waals surface area contributed by atoms with Crippen LogP contribution >= 0.6 is 0 Å². The minimum Gasteiger partial charge on any atom is -0.353 e. The maximum Gasteiger partial charge on any atom is 0.244 e. The molecule has 0 unspecified atom stereocenters. The molecule has 146 valence electrons. The number of pyridine rings is 1. The van der Waals surface area contributed by atoms with Gasteiger partial charge in [0, 0.05) is 38.1 Å². The fraction of sp³-hybridized carbons (Fsp3) is 0.333. The summed E-state index contributed by atoms with van der Waals surface area (Å²) < 4.78 is 26.9. The molecule has 1 saturated carbocycles. The number of benzene rings is 1. The lowest BCUT2D eigenvalue weighted by Crippen LogP contribution is -2.32. The van der Waals surface area contributed by atoms with Crippen LogP contribution in [0.2, 0.25) is 0 Å². The van der Waals surface area contributed by atoms with Crippen LogP contribution < -0.4 is 5.32 Å². The third-order valence-electron chi connectivity index (χ3n) is 5.61. The molecule has 1 N–H and O–H groups in total. The van der Waals surface area contributed by atoms with Gasteiger partial charge in [0.05, 0.1) is 4.90 Å². The van der Waals surface area contributed by atoms with Crippen molar-refractivity contribution in [3.63, 3.8) is 0 Å². The smallest absolute Gasteiger partial charge is 0.244 e. The molecule has 0 spiro atoms. The number of rotatable bonds is 7. The van der Waals surface area contributed by atoms with Gasteiger partial charge in [-0.3, -0.25) is 9.78 Å². The standard InChI is InChI=1S/C21H23N3O3S/c25-21(9-8-16-5-4-11-22-13-16)23-12-10-18-19-14-24(15-20(18)19)28(26,27)17-6-2-1-3-7-17/h1-9,11,13,18-20H,10,12,14-15H2,(H,23,25)/b9-8+/t18-,19-,20+. The summed E-state index contributed by atoms with van der Waals surface area (Å²) in [7, 11) is -3.38. The van der Waals surface area contributed by atoms with E-state index in [1.165, 1.54) is 6.08 Å². The van der Waals surface area contributed by atoms with Crippen LogP contribution in [0.5, 0.6) is 0 Å². The number of aromatic nitrogens is 1. The molecule has 0 radical (unpaired) electrons. The van der Waals surface area contributed by atoms with Crippen molar-refractivity contribution in [2.75, 3.05) is 19.6 Å². The predicted molar refractivity (Wildman–Crippen MR) is 107 cm³/mol. The van der Waals surface area contributed by atoms with E-state index in [1.807, 2.05) is 18.2 Å². The van der Waals surface area contributed by atoms with Crippen LogP contribution in [0.15, 0.2) is 65.8 Å². The van der Waals surface area contributed by atoms with Gasteiger partial charge < -0.3 is 5.32 Å². The lowest BCUT2D eigenvalue weighted by Gasteiger charge is -2.19. The Balaban J connectivity index is 1.21. The van der Waals surface area contributed by atoms with Gasteiger partial charge in [0.1, 0.15) is 0 Å². The summed E-state index contributed by atoms with van der Waals surface area (Å²) in [6.45, 7) is 1.78. The minimum atomic E-state index is -3.38. The molecule has 1 amide bonds. The van der Waals surface area contributed by atoms with Crippen molar-refractivity contribution >= 4 is 22.0 Å². The Labute approximate surface area is 165 Å². The molecule has 28 heavy (non-hydrogen) atoms. The van der Waals surface area contributed by atoms with E-state index >= 15 is 0 Å². The van der Waals surface area contributed by atoms with E-state index < -0.39 is 10.0 Å². The number of amides is 1. The Morgan fingerprint density at radius 2 is 1.89 bits per heavy atom. The highest BCUT2D eigenvalue weighted by Crippen LogP contribution is 2.54. The van der Waals surface area contributed by atoms with E-state index in [0.29, 0.717) is 42.3 Å². The SMILES string of the molecule is O=C(/C=C/c1cccnc1)NCC[C@@H]1[C@H]2CN(S(=O)(=O)c3ccccc3)C[C@@H]12. The average molecular weight is 398 g/mol. The van der Waals surface area contributed by atoms with E-state index in [-0.39, 0.29) is 5.91 Å². The normalized spacial score (nSPS) is 24.2. The molecule has 1 aromatic carbocycles. The molecule has 6 nitrogen and oxygen atoms in total. The van der Waals surface area contributed by atoms with Gasteiger partial charge in [0.2, 0.25) is 15.9 Å². The second-order valence-electron chi connectivity index (χ2n) is 7.33. The second kappa shape index (κ2) is 7.85. The molecule has 1 aliphatic heterocycles. The molecule has 0 bridgehead atoms. The highest BCUT2D eigenvalue weighted by atomic mass is 32.2. The Morgan fingerprint density at radius 1 is 1.14 bits per heavy atom. The summed E-state index contributed by atoms with van der Waals surface area (Å²) in [5, 5.41) is 2.90. The van der Waals surface area contributed by atoms with Crippen molar-refractivity contribution in [2.45, 2.75) is 11.3 Å². The number of piperidine rings is 1. The quantitative estimate of drug-likeness (QED) is 0.726. The number of hydrogen-bond acceptors (Lipinski definition) is 4. The third kappa shape index (κ3) is 4.00. The zero-order valence-electron chi connectivity index (χ0n) is 15.4. The molecule has 1 aromatic heterocycles. The summed E-state index contributed by atoms with van der Waals surface area (Å²) >= 11 is 0. The van der Waals surface area contributed by atoms with E-state index in [1.54, 1.807) is 47.0 Å². The van der Waals surface area contributed by atoms with Crippen LogP contribution in [0, 0.1) is 17.8 Å². The van der Waals surface area contributed by atoms with Crippen LogP contribution in [0.1, 0.15) is 12.0 Å². The first-order valence-electron chi connectivity index (χ1n) is 9.47. The van der Waals surface area contributed by atoms with E-state index in [4.69, 9.17) is 0 Å². The average Bonchev–Trinajstić information content (AvgIpc) is 3.16. The Hall–Kier alpha value is -2.51. The predicted octanol–water partition coefficient (Wildman–Crippen LogP) is 2.17. The second-order valence-corrected chi connectivity index (χ2v) is 9.26. The molecular weight excluding hydrogens is 374 g/mol. The first kappa shape index (κ1) is 18.8. The van der Waals surface area contributed by atoms with Crippen LogP contribution in [0.25, 0.3) is 6.08 Å². The number of carbonyl (C=O) groups is 1. The molecule has 2 heterocycles. The number of sulfonamides is 1. The summed E-state index contributed by atoms with van der Waals surface area (Å²) in [6.07, 6.45) is 7.53. The van der Waals surface area contributed by atoms with Gasteiger partial charge in [0.25, 0.3) is 0 Å². The first-order valence-corrected chi connectivity index (χ1v) is 10.9. The minimum absolute atomic E-state index is 0.122. The lowest BCUT2D eigenvalue weighted by molar-refractivity contribution is -0.116. The molecule has 1 aliphatic carbocycles. The number of nitrogens with one attached hydrogen (secondary N) is 1. The maximum atomic E-state index is 12.7. The van der Waals surface area contributed by atoms with Gasteiger partial charge in [-0.25, -0.2) is 8.42 Å². The fourth-order valence-electron chi connectivity index (χ4n) is 4.04. The zero-order valence-corrected chi connectivity index (χ0v) is 16.3. The Bertz CT molecular complexity index is 949. The summed E-state index contributed by atoms with van der Waals surface area (Å²) in [6, 6.07) is 12.3. The molecule has 7 heteroatoms. The van der Waals surface area contributed by atoms with Crippen LogP contribution in [-0.4, -0.2) is 43.2 Å². The topological polar surface area (TPSA) is 79.4 Å². The lowest BCUT2D eigenvalue weighted by atomic mass is 10.2. The Kier molecular flexibility index (Phi) is 5.28. The molecule has 3 atom stereocenters. The monoisotopic (exact) mass is 397 g/mol. The highest BCUT2D eigenvalue weighted by Gasteiger charge is 2.57. The zero-order chi connectivity index (χ0) is 19.6. The van der Waals surface area contributed by atoms with Gasteiger partial charge in [0.15, 0.2) is 0 Å². The van der Waals surface area contributed by atoms with Crippen molar-refractivity contribution in [2.24, 2.45) is 17.8 Å². The number of nitrogens with zero attached hydrogens (tertiary/aromatic N) is 2. The van der Waals surface area contributed by atoms with Crippen molar-refractivity contribution in [1.82, 2.24) is 14.6 Å².